The van der Waals surface area contributed by atoms with Gasteiger partial charge in [0.1, 0.15) is 0 Å². The highest BCUT2D eigenvalue weighted by atomic mass is 79.9. The van der Waals surface area contributed by atoms with E-state index in [0.717, 1.165) is 18.2 Å². The summed E-state index contributed by atoms with van der Waals surface area (Å²) >= 11 is 21.4. The number of halogens is 10. The van der Waals surface area contributed by atoms with E-state index in [9.17, 15) is 31.1 Å². The zero-order valence-corrected chi connectivity index (χ0v) is 21.5. The van der Waals surface area contributed by atoms with Crippen LogP contribution >= 0.6 is 62.5 Å². The van der Waals surface area contributed by atoms with E-state index in [4.69, 9.17) is 34.8 Å². The third-order valence-electron chi connectivity index (χ3n) is 4.23. The first kappa shape index (κ1) is 29.2. The normalized spacial score (nSPS) is 13.4. The van der Waals surface area contributed by atoms with Gasteiger partial charge in [-0.25, -0.2) is 0 Å². The molecule has 34 heavy (non-hydrogen) atoms. The Kier molecular flexibility index (Phi) is 10.5. The molecule has 0 aliphatic carbocycles. The van der Waals surface area contributed by atoms with E-state index >= 15 is 0 Å². The van der Waals surface area contributed by atoms with Gasteiger partial charge in [0, 0.05) is 16.8 Å². The predicted octanol–water partition coefficient (Wildman–Crippen LogP) is 8.79. The average Bonchev–Trinajstić information content (AvgIpc) is 2.70. The monoisotopic (exact) mass is 627 g/mol. The number of alkyl halides is 6. The Bertz CT molecular complexity index is 1040. The Hall–Kier alpha value is -1.07. The predicted molar refractivity (Wildman–Crippen MR) is 129 cm³/mol. The lowest BCUT2D eigenvalue weighted by Gasteiger charge is -2.18. The molecule has 0 radical (unpaired) electrons. The van der Waals surface area contributed by atoms with Gasteiger partial charge in [-0.15, -0.1) is 0 Å². The second kappa shape index (κ2) is 12.3. The quantitative estimate of drug-likeness (QED) is 0.180. The van der Waals surface area contributed by atoms with Gasteiger partial charge in [0.15, 0.2) is 0 Å². The summed E-state index contributed by atoms with van der Waals surface area (Å²) in [6.45, 7) is 0.0210. The molecule has 2 nitrogen and oxygen atoms in total. The summed E-state index contributed by atoms with van der Waals surface area (Å²) in [6.07, 6.45) is -6.76. The molecular formula is C21H15BrCl3F6NOS. The van der Waals surface area contributed by atoms with Crippen LogP contribution in [0.1, 0.15) is 27.4 Å². The molecule has 2 aromatic carbocycles. The summed E-state index contributed by atoms with van der Waals surface area (Å²) in [6, 6.07) is 6.45. The highest BCUT2D eigenvalue weighted by Crippen LogP contribution is 2.41. The Morgan fingerprint density at radius 1 is 1.06 bits per heavy atom. The molecule has 0 saturated heterocycles. The number of nitrogens with one attached hydrogen (secondary N) is 1. The molecule has 0 bridgehead atoms. The lowest BCUT2D eigenvalue weighted by atomic mass is 9.97. The zero-order valence-electron chi connectivity index (χ0n) is 16.8. The second-order valence-corrected chi connectivity index (χ2v) is 9.99. The van der Waals surface area contributed by atoms with E-state index in [1.165, 1.54) is 24.3 Å². The molecule has 0 saturated carbocycles. The van der Waals surface area contributed by atoms with Gasteiger partial charge in [-0.1, -0.05) is 53.0 Å². The maximum absolute atomic E-state index is 13.7. The second-order valence-electron chi connectivity index (χ2n) is 6.84. The molecule has 0 aromatic heterocycles. The molecule has 2 rings (SSSR count). The van der Waals surface area contributed by atoms with Crippen LogP contribution in [-0.2, 0) is 0 Å². The SMILES string of the molecule is O=C(NCCSCC(F)(F)F)c1ccc(/C=C/C(c2cc(Cl)c(Cl)c(Cl)c2)C(F)(F)F)cc1Br. The molecule has 1 N–H and O–H groups in total. The molecule has 0 heterocycles. The standard InChI is InChI=1S/C21H15BrCl3F6NOS/c22-15-7-11(1-3-13(15)19(33)32-5-6-34-10-20(26,27)28)2-4-14(21(29,30)31)12-8-16(23)18(25)17(24)9-12/h1-4,7-9,14H,5-6,10H2,(H,32,33)/b4-2+. The first-order valence-electron chi connectivity index (χ1n) is 9.30. The van der Waals surface area contributed by atoms with Crippen molar-refractivity contribution < 1.29 is 31.1 Å². The first-order chi connectivity index (χ1) is 15.7. The molecule has 1 atom stereocenters. The smallest absolute Gasteiger partial charge is 0.351 e. The van der Waals surface area contributed by atoms with Crippen LogP contribution in [-0.4, -0.2) is 36.3 Å². The van der Waals surface area contributed by atoms with Crippen molar-refractivity contribution in [3.63, 3.8) is 0 Å². The van der Waals surface area contributed by atoms with Gasteiger partial charge >= 0.3 is 12.4 Å². The van der Waals surface area contributed by atoms with E-state index in [0.29, 0.717) is 21.8 Å². The minimum absolute atomic E-state index is 0.0210. The maximum atomic E-state index is 13.7. The lowest BCUT2D eigenvalue weighted by molar-refractivity contribution is -0.139. The van der Waals surface area contributed by atoms with Gasteiger partial charge < -0.3 is 5.32 Å². The Morgan fingerprint density at radius 2 is 1.68 bits per heavy atom. The summed E-state index contributed by atoms with van der Waals surface area (Å²) in [4.78, 5) is 12.2. The van der Waals surface area contributed by atoms with Gasteiger partial charge in [-0.3, -0.25) is 4.79 Å². The molecule has 1 unspecified atom stereocenters. The van der Waals surface area contributed by atoms with Crippen LogP contribution in [0.4, 0.5) is 26.3 Å². The largest absolute Gasteiger partial charge is 0.399 e. The fourth-order valence-corrected chi connectivity index (χ4v) is 4.52. The van der Waals surface area contributed by atoms with Crippen molar-refractivity contribution >= 4 is 74.5 Å². The fourth-order valence-electron chi connectivity index (χ4n) is 2.71. The molecule has 186 valence electrons. The minimum atomic E-state index is -4.64. The first-order valence-corrected chi connectivity index (χ1v) is 12.4. The molecule has 0 spiro atoms. The number of benzene rings is 2. The number of allylic oxidation sites excluding steroid dienone is 1. The lowest BCUT2D eigenvalue weighted by Crippen LogP contribution is -2.26. The van der Waals surface area contributed by atoms with Crippen molar-refractivity contribution in [1.82, 2.24) is 5.32 Å². The number of hydrogen-bond donors (Lipinski definition) is 1. The van der Waals surface area contributed by atoms with Gasteiger partial charge in [0.25, 0.3) is 5.91 Å². The molecule has 13 heteroatoms. The third kappa shape index (κ3) is 8.86. The number of carbonyl (C=O) groups is 1. The number of hydrogen-bond acceptors (Lipinski definition) is 2. The molecule has 1 amide bonds. The van der Waals surface area contributed by atoms with Crippen molar-refractivity contribution in [3.05, 3.63) is 72.6 Å². The summed E-state index contributed by atoms with van der Waals surface area (Å²) in [5.74, 6) is -3.49. The van der Waals surface area contributed by atoms with Crippen molar-refractivity contribution in [2.75, 3.05) is 18.1 Å². The summed E-state index contributed by atoms with van der Waals surface area (Å²) in [5.41, 5.74) is 0.354. The topological polar surface area (TPSA) is 29.1 Å². The van der Waals surface area contributed by atoms with Crippen LogP contribution in [0.15, 0.2) is 40.9 Å². The zero-order chi connectivity index (χ0) is 25.7. The van der Waals surface area contributed by atoms with E-state index in [1.807, 2.05) is 0 Å². The third-order valence-corrected chi connectivity index (χ3v) is 7.11. The summed E-state index contributed by atoms with van der Waals surface area (Å²) in [5, 5.41) is 2.23. The summed E-state index contributed by atoms with van der Waals surface area (Å²) in [7, 11) is 0. The Labute approximate surface area is 219 Å². The van der Waals surface area contributed by atoms with Gasteiger partial charge in [-0.2, -0.15) is 38.1 Å². The molecule has 0 aliphatic heterocycles. The van der Waals surface area contributed by atoms with Crippen LogP contribution in [0, 0.1) is 0 Å². The average molecular weight is 630 g/mol. The Balaban J connectivity index is 2.12. The van der Waals surface area contributed by atoms with E-state index < -0.39 is 29.9 Å². The van der Waals surface area contributed by atoms with E-state index in [2.05, 4.69) is 21.2 Å². The van der Waals surface area contributed by atoms with E-state index in [1.54, 1.807) is 0 Å². The van der Waals surface area contributed by atoms with Crippen LogP contribution in [0.2, 0.25) is 15.1 Å². The van der Waals surface area contributed by atoms with Gasteiger partial charge in [0.05, 0.1) is 32.3 Å². The number of amides is 1. The van der Waals surface area contributed by atoms with E-state index in [-0.39, 0.29) is 38.5 Å². The molecule has 0 aliphatic rings. The number of rotatable bonds is 8. The molecular weight excluding hydrogens is 615 g/mol. The van der Waals surface area contributed by atoms with Gasteiger partial charge in [0.2, 0.25) is 0 Å². The molecule has 2 aromatic rings. The highest BCUT2D eigenvalue weighted by Gasteiger charge is 2.39. The summed E-state index contributed by atoms with van der Waals surface area (Å²) < 4.78 is 77.7. The minimum Gasteiger partial charge on any atom is -0.351 e. The number of carbonyl (C=O) groups excluding carboxylic acids is 1. The van der Waals surface area contributed by atoms with Crippen molar-refractivity contribution in [2.45, 2.75) is 18.3 Å². The van der Waals surface area contributed by atoms with Crippen molar-refractivity contribution in [3.8, 4) is 0 Å². The van der Waals surface area contributed by atoms with Crippen LogP contribution in [0.3, 0.4) is 0 Å². The van der Waals surface area contributed by atoms with Crippen molar-refractivity contribution in [1.29, 1.82) is 0 Å². The fraction of sp³-hybridized carbons (Fsp3) is 0.286. The maximum Gasteiger partial charge on any atom is 0.399 e. The molecule has 0 fully saturated rings. The van der Waals surface area contributed by atoms with Crippen LogP contribution in [0.5, 0.6) is 0 Å². The van der Waals surface area contributed by atoms with Gasteiger partial charge in [-0.05, 0) is 51.3 Å². The van der Waals surface area contributed by atoms with Crippen molar-refractivity contribution in [2.24, 2.45) is 0 Å². The highest BCUT2D eigenvalue weighted by molar-refractivity contribution is 9.10. The van der Waals surface area contributed by atoms with Crippen LogP contribution < -0.4 is 5.32 Å². The van der Waals surface area contributed by atoms with Crippen LogP contribution in [0.25, 0.3) is 6.08 Å². The Morgan fingerprint density at radius 3 is 2.21 bits per heavy atom. The number of thioether (sulfide) groups is 1.